The van der Waals surface area contributed by atoms with Crippen molar-refractivity contribution in [3.05, 3.63) is 84.4 Å². The first-order valence-corrected chi connectivity index (χ1v) is 12.7. The smallest absolute Gasteiger partial charge is 0.410 e. The van der Waals surface area contributed by atoms with Crippen molar-refractivity contribution >= 4 is 33.9 Å². The van der Waals surface area contributed by atoms with Crippen LogP contribution in [0.1, 0.15) is 49.8 Å². The Balaban J connectivity index is 0.000000222. The number of nitrogens with zero attached hydrogens (tertiary/aromatic N) is 3. The highest BCUT2D eigenvalue weighted by atomic mass is 16.6. The van der Waals surface area contributed by atoms with Crippen molar-refractivity contribution in [3.8, 4) is 0 Å². The maximum absolute atomic E-state index is 12.3. The Morgan fingerprint density at radius 1 is 1.00 bits per heavy atom. The lowest BCUT2D eigenvalue weighted by Crippen LogP contribution is -2.44. The Bertz CT molecular complexity index is 1370. The van der Waals surface area contributed by atoms with Crippen molar-refractivity contribution < 1.29 is 14.3 Å². The maximum Gasteiger partial charge on any atom is 0.410 e. The summed E-state index contributed by atoms with van der Waals surface area (Å²) in [4.78, 5) is 33.0. The number of aromatic nitrogens is 2. The van der Waals surface area contributed by atoms with Crippen molar-refractivity contribution in [1.82, 2.24) is 20.2 Å². The third-order valence-corrected chi connectivity index (χ3v) is 6.15. The fourth-order valence-corrected chi connectivity index (χ4v) is 4.37. The Kier molecular flexibility index (Phi) is 8.46. The molecule has 37 heavy (non-hydrogen) atoms. The second-order valence-corrected chi connectivity index (χ2v) is 10.2. The fraction of sp³-hybridized carbons (Fsp3) is 0.333. The molecule has 3 heterocycles. The minimum absolute atomic E-state index is 0.190. The van der Waals surface area contributed by atoms with Gasteiger partial charge in [0, 0.05) is 48.8 Å². The standard InChI is InChI=1S/C20H27N3O2.C10H7NO/c1-20(2,3)25-19(24)23-10-6-9-18(23)14-21-13-17-11-15-7-4-5-8-16(15)12-22-17;12-7-10-5-8-3-1-2-4-9(8)6-11-10/h4-5,7-8,11-12,18,21H,6,9-10,13-14H2,1-3H3;1-7H/t18-;/m0./s1. The van der Waals surface area contributed by atoms with Crippen LogP contribution in [0, 0.1) is 0 Å². The highest BCUT2D eigenvalue weighted by molar-refractivity contribution is 5.86. The van der Waals surface area contributed by atoms with Crippen molar-refractivity contribution in [3.63, 3.8) is 0 Å². The number of fused-ring (bicyclic) bond motifs is 2. The van der Waals surface area contributed by atoms with Gasteiger partial charge in [-0.2, -0.15) is 0 Å². The molecule has 4 aromatic rings. The molecule has 1 aliphatic heterocycles. The van der Waals surface area contributed by atoms with Crippen LogP contribution in [0.25, 0.3) is 21.5 Å². The summed E-state index contributed by atoms with van der Waals surface area (Å²) < 4.78 is 5.51. The summed E-state index contributed by atoms with van der Waals surface area (Å²) in [5.74, 6) is 0. The van der Waals surface area contributed by atoms with Crippen LogP contribution in [0.2, 0.25) is 0 Å². The van der Waals surface area contributed by atoms with Gasteiger partial charge in [-0.15, -0.1) is 0 Å². The average Bonchev–Trinajstić information content (AvgIpc) is 3.36. The molecule has 0 bridgehead atoms. The summed E-state index contributed by atoms with van der Waals surface area (Å²) in [6.45, 7) is 7.94. The molecule has 1 saturated heterocycles. The summed E-state index contributed by atoms with van der Waals surface area (Å²) >= 11 is 0. The van der Waals surface area contributed by atoms with Gasteiger partial charge in [-0.1, -0.05) is 48.5 Å². The molecule has 1 fully saturated rings. The van der Waals surface area contributed by atoms with Gasteiger partial charge in [0.15, 0.2) is 6.29 Å². The van der Waals surface area contributed by atoms with E-state index in [1.54, 1.807) is 12.3 Å². The highest BCUT2D eigenvalue weighted by Crippen LogP contribution is 2.20. The molecule has 0 unspecified atom stereocenters. The molecule has 0 radical (unpaired) electrons. The molecule has 5 rings (SSSR count). The number of hydrogen-bond acceptors (Lipinski definition) is 6. The average molecular weight is 499 g/mol. The summed E-state index contributed by atoms with van der Waals surface area (Å²) in [6.07, 6.45) is 6.21. The second kappa shape index (κ2) is 11.9. The van der Waals surface area contributed by atoms with Gasteiger partial charge in [0.25, 0.3) is 0 Å². The molecule has 0 saturated carbocycles. The predicted molar refractivity (Wildman–Crippen MR) is 147 cm³/mol. The van der Waals surface area contributed by atoms with Gasteiger partial charge in [-0.25, -0.2) is 4.79 Å². The molecule has 2 aromatic carbocycles. The first kappa shape index (κ1) is 26.2. The van der Waals surface area contributed by atoms with Crippen molar-refractivity contribution in [2.24, 2.45) is 0 Å². The topological polar surface area (TPSA) is 84.4 Å². The quantitative estimate of drug-likeness (QED) is 0.352. The van der Waals surface area contributed by atoms with Gasteiger partial charge in [0.1, 0.15) is 11.3 Å². The number of benzene rings is 2. The molecule has 0 spiro atoms. The van der Waals surface area contributed by atoms with Crippen LogP contribution in [0.4, 0.5) is 4.79 Å². The molecule has 1 aliphatic rings. The molecule has 1 atom stereocenters. The highest BCUT2D eigenvalue weighted by Gasteiger charge is 2.31. The van der Waals surface area contributed by atoms with Crippen molar-refractivity contribution in [1.29, 1.82) is 0 Å². The SMILES string of the molecule is CC(C)(C)OC(=O)N1CCC[C@H]1CNCc1cc2ccccc2cn1.O=Cc1cc2ccccc2cn1. The summed E-state index contributed by atoms with van der Waals surface area (Å²) in [6, 6.07) is 20.1. The van der Waals surface area contributed by atoms with E-state index < -0.39 is 5.60 Å². The largest absolute Gasteiger partial charge is 0.444 e. The van der Waals surface area contributed by atoms with Crippen LogP contribution in [-0.4, -0.2) is 52.0 Å². The van der Waals surface area contributed by atoms with Gasteiger partial charge < -0.3 is 15.0 Å². The zero-order valence-corrected chi connectivity index (χ0v) is 21.7. The van der Waals surface area contributed by atoms with E-state index in [1.807, 2.05) is 68.3 Å². The van der Waals surface area contributed by atoms with Crippen LogP contribution in [0.5, 0.6) is 0 Å². The number of pyridine rings is 2. The molecule has 192 valence electrons. The van der Waals surface area contributed by atoms with Crippen LogP contribution >= 0.6 is 0 Å². The van der Waals surface area contributed by atoms with Crippen LogP contribution in [0.15, 0.2) is 73.1 Å². The van der Waals surface area contributed by atoms with E-state index in [1.165, 1.54) is 5.39 Å². The van der Waals surface area contributed by atoms with Crippen LogP contribution in [-0.2, 0) is 11.3 Å². The first-order valence-electron chi connectivity index (χ1n) is 12.7. The number of amides is 1. The minimum Gasteiger partial charge on any atom is -0.444 e. The van der Waals surface area contributed by atoms with E-state index in [0.29, 0.717) is 12.2 Å². The van der Waals surface area contributed by atoms with Crippen LogP contribution < -0.4 is 5.32 Å². The minimum atomic E-state index is -0.452. The van der Waals surface area contributed by atoms with Crippen LogP contribution in [0.3, 0.4) is 0 Å². The van der Waals surface area contributed by atoms with Crippen molar-refractivity contribution in [2.75, 3.05) is 13.1 Å². The second-order valence-electron chi connectivity index (χ2n) is 10.2. The number of carbonyl (C=O) groups excluding carboxylic acids is 2. The van der Waals surface area contributed by atoms with E-state index in [9.17, 15) is 9.59 Å². The third-order valence-electron chi connectivity index (χ3n) is 6.15. The van der Waals surface area contributed by atoms with E-state index >= 15 is 0 Å². The van der Waals surface area contributed by atoms with Crippen molar-refractivity contribution in [2.45, 2.75) is 51.8 Å². The van der Waals surface area contributed by atoms with Gasteiger partial charge in [-0.3, -0.25) is 14.8 Å². The molecule has 7 heteroatoms. The summed E-state index contributed by atoms with van der Waals surface area (Å²) in [5.41, 5.74) is 1.04. The van der Waals surface area contributed by atoms with E-state index in [2.05, 4.69) is 33.5 Å². The van der Waals surface area contributed by atoms with Gasteiger partial charge >= 0.3 is 6.09 Å². The Morgan fingerprint density at radius 2 is 1.62 bits per heavy atom. The monoisotopic (exact) mass is 498 g/mol. The number of hydrogen-bond donors (Lipinski definition) is 1. The van der Waals surface area contributed by atoms with E-state index in [-0.39, 0.29) is 12.1 Å². The number of likely N-dealkylation sites (tertiary alicyclic amines) is 1. The lowest BCUT2D eigenvalue weighted by molar-refractivity contribution is 0.0226. The zero-order valence-electron chi connectivity index (χ0n) is 21.7. The third kappa shape index (κ3) is 7.33. The Hall–Kier alpha value is -3.84. The molecule has 1 N–H and O–H groups in total. The van der Waals surface area contributed by atoms with Gasteiger partial charge in [0.05, 0.1) is 5.69 Å². The Labute approximate surface area is 217 Å². The number of nitrogens with one attached hydrogen (secondary N) is 1. The lowest BCUT2D eigenvalue weighted by Gasteiger charge is -2.28. The Morgan fingerprint density at radius 3 is 2.27 bits per heavy atom. The fourth-order valence-electron chi connectivity index (χ4n) is 4.37. The molecule has 2 aromatic heterocycles. The van der Waals surface area contributed by atoms with E-state index in [0.717, 1.165) is 54.1 Å². The van der Waals surface area contributed by atoms with Gasteiger partial charge in [0.2, 0.25) is 0 Å². The summed E-state index contributed by atoms with van der Waals surface area (Å²) in [5, 5.41) is 7.90. The molecule has 0 aliphatic carbocycles. The van der Waals surface area contributed by atoms with E-state index in [4.69, 9.17) is 4.74 Å². The molecular formula is C30H34N4O3. The molecule has 7 nitrogen and oxygen atoms in total. The number of carbonyl (C=O) groups is 2. The normalized spacial score (nSPS) is 15.3. The molecule has 1 amide bonds. The maximum atomic E-state index is 12.3. The number of rotatable bonds is 5. The molecular weight excluding hydrogens is 464 g/mol. The number of aldehydes is 1. The zero-order chi connectivity index (χ0) is 26.3. The lowest BCUT2D eigenvalue weighted by atomic mass is 10.1. The van der Waals surface area contributed by atoms with Gasteiger partial charge in [-0.05, 0) is 56.5 Å². The first-order chi connectivity index (χ1) is 17.8. The predicted octanol–water partition coefficient (Wildman–Crippen LogP) is 5.77. The number of ether oxygens (including phenoxy) is 1. The summed E-state index contributed by atoms with van der Waals surface area (Å²) in [7, 11) is 0.